The van der Waals surface area contributed by atoms with Crippen molar-refractivity contribution < 1.29 is 8.42 Å². The van der Waals surface area contributed by atoms with Crippen molar-refractivity contribution >= 4 is 45.6 Å². The van der Waals surface area contributed by atoms with Crippen LogP contribution in [-0.2, 0) is 16.6 Å². The molecule has 0 spiro atoms. The first-order valence-corrected chi connectivity index (χ1v) is 9.89. The van der Waals surface area contributed by atoms with Crippen LogP contribution in [0.5, 0.6) is 0 Å². The lowest BCUT2D eigenvalue weighted by Gasteiger charge is -2.26. The lowest BCUT2D eigenvalue weighted by molar-refractivity contribution is 0.446. The highest BCUT2D eigenvalue weighted by Crippen LogP contribution is 2.04. The molecule has 146 valence electrons. The molecular formula is C15H26IN7O2S. The van der Waals surface area contributed by atoms with Gasteiger partial charge in [0.1, 0.15) is 6.54 Å². The van der Waals surface area contributed by atoms with Crippen molar-refractivity contribution in [2.75, 3.05) is 19.3 Å². The number of nitrogens with zero attached hydrogens (tertiary/aromatic N) is 4. The summed E-state index contributed by atoms with van der Waals surface area (Å²) in [5.74, 6) is 1.31. The maximum atomic E-state index is 11.4. The highest BCUT2D eigenvalue weighted by Gasteiger charge is 2.22. The fraction of sp³-hybridized carbons (Fsp3) is 0.533. The summed E-state index contributed by atoms with van der Waals surface area (Å²) in [5, 5.41) is 14.5. The van der Waals surface area contributed by atoms with Crippen LogP contribution in [0.2, 0.25) is 0 Å². The van der Waals surface area contributed by atoms with Crippen LogP contribution in [-0.4, -0.2) is 53.9 Å². The number of sulfonamides is 1. The third-order valence-electron chi connectivity index (χ3n) is 3.27. The van der Waals surface area contributed by atoms with Crippen molar-refractivity contribution in [2.45, 2.75) is 32.9 Å². The molecular weight excluding hydrogens is 469 g/mol. The molecule has 2 rings (SSSR count). The Hall–Kier alpha value is -1.47. The van der Waals surface area contributed by atoms with E-state index in [0.717, 1.165) is 17.7 Å². The minimum Gasteiger partial charge on any atom is -0.357 e. The summed E-state index contributed by atoms with van der Waals surface area (Å²) in [6, 6.07) is 5.69. The Morgan fingerprint density at radius 1 is 1.27 bits per heavy atom. The van der Waals surface area contributed by atoms with Crippen LogP contribution in [0.4, 0.5) is 0 Å². The molecule has 0 fully saturated rings. The van der Waals surface area contributed by atoms with Gasteiger partial charge in [0.05, 0.1) is 6.26 Å². The molecule has 26 heavy (non-hydrogen) atoms. The first-order chi connectivity index (χ1) is 11.7. The van der Waals surface area contributed by atoms with Crippen LogP contribution in [0.25, 0.3) is 5.65 Å². The van der Waals surface area contributed by atoms with Gasteiger partial charge in [-0.25, -0.2) is 18.1 Å². The molecule has 0 aliphatic rings. The topological polar surface area (TPSA) is 113 Å². The number of rotatable bonds is 7. The summed E-state index contributed by atoms with van der Waals surface area (Å²) < 4.78 is 27.3. The fourth-order valence-electron chi connectivity index (χ4n) is 2.33. The van der Waals surface area contributed by atoms with Crippen molar-refractivity contribution in [3.63, 3.8) is 0 Å². The molecule has 3 N–H and O–H groups in total. The number of aliphatic imine (C=N–C) groups is 1. The molecule has 0 bridgehead atoms. The van der Waals surface area contributed by atoms with Gasteiger partial charge in [0.15, 0.2) is 17.4 Å². The molecule has 2 aromatic heterocycles. The van der Waals surface area contributed by atoms with Crippen molar-refractivity contribution in [3.05, 3.63) is 30.2 Å². The molecule has 0 saturated heterocycles. The van der Waals surface area contributed by atoms with E-state index in [1.807, 2.05) is 35.7 Å². The molecule has 0 aromatic carbocycles. The summed E-state index contributed by atoms with van der Waals surface area (Å²) in [4.78, 5) is 4.50. The molecule has 0 radical (unpaired) electrons. The van der Waals surface area contributed by atoms with Crippen LogP contribution in [0.15, 0.2) is 29.4 Å². The number of hydrogen-bond donors (Lipinski definition) is 3. The monoisotopic (exact) mass is 495 g/mol. The quantitative estimate of drug-likeness (QED) is 0.297. The van der Waals surface area contributed by atoms with E-state index in [1.54, 1.807) is 13.8 Å². The number of pyridine rings is 1. The van der Waals surface area contributed by atoms with Crippen molar-refractivity contribution in [1.82, 2.24) is 30.0 Å². The van der Waals surface area contributed by atoms with E-state index in [0.29, 0.717) is 25.6 Å². The zero-order valence-electron chi connectivity index (χ0n) is 15.4. The van der Waals surface area contributed by atoms with Gasteiger partial charge in [-0.3, -0.25) is 4.40 Å². The molecule has 2 aromatic rings. The Balaban J connectivity index is 0.00000338. The zero-order valence-corrected chi connectivity index (χ0v) is 18.5. The largest absolute Gasteiger partial charge is 0.357 e. The second-order valence-electron chi connectivity index (χ2n) is 6.35. The molecule has 0 aliphatic heterocycles. The Labute approximate surface area is 171 Å². The predicted octanol–water partition coefficient (Wildman–Crippen LogP) is 0.730. The number of nitrogens with one attached hydrogen (secondary N) is 3. The lowest BCUT2D eigenvalue weighted by Crippen LogP contribution is -2.53. The van der Waals surface area contributed by atoms with Crippen molar-refractivity contribution in [3.8, 4) is 0 Å². The van der Waals surface area contributed by atoms with Crippen molar-refractivity contribution in [2.24, 2.45) is 4.99 Å². The van der Waals surface area contributed by atoms with Crippen LogP contribution in [0.1, 0.15) is 26.6 Å². The Morgan fingerprint density at radius 3 is 2.65 bits per heavy atom. The van der Waals surface area contributed by atoms with Gasteiger partial charge < -0.3 is 10.6 Å². The van der Waals surface area contributed by atoms with E-state index < -0.39 is 15.6 Å². The van der Waals surface area contributed by atoms with Gasteiger partial charge in [-0.05, 0) is 32.9 Å². The van der Waals surface area contributed by atoms with E-state index in [9.17, 15) is 8.42 Å². The number of aromatic nitrogens is 3. The van der Waals surface area contributed by atoms with E-state index in [1.165, 1.54) is 0 Å². The zero-order chi connectivity index (χ0) is 18.5. The van der Waals surface area contributed by atoms with Gasteiger partial charge in [-0.2, -0.15) is 0 Å². The summed E-state index contributed by atoms with van der Waals surface area (Å²) in [6.07, 6.45) is 3.03. The second-order valence-corrected chi connectivity index (χ2v) is 8.10. The molecule has 2 heterocycles. The summed E-state index contributed by atoms with van der Waals surface area (Å²) >= 11 is 0. The summed E-state index contributed by atoms with van der Waals surface area (Å²) in [6.45, 7) is 6.98. The predicted molar refractivity (Wildman–Crippen MR) is 113 cm³/mol. The Morgan fingerprint density at radius 2 is 2.00 bits per heavy atom. The van der Waals surface area contributed by atoms with Gasteiger partial charge in [0.2, 0.25) is 10.0 Å². The van der Waals surface area contributed by atoms with Crippen LogP contribution in [0, 0.1) is 0 Å². The second kappa shape index (κ2) is 9.46. The third-order valence-corrected chi connectivity index (χ3v) is 4.19. The van der Waals surface area contributed by atoms with E-state index in [4.69, 9.17) is 0 Å². The molecule has 9 nitrogen and oxygen atoms in total. The smallest absolute Gasteiger partial charge is 0.209 e. The van der Waals surface area contributed by atoms with E-state index in [2.05, 4.69) is 30.5 Å². The molecule has 0 atom stereocenters. The van der Waals surface area contributed by atoms with Crippen molar-refractivity contribution in [1.29, 1.82) is 0 Å². The Bertz CT molecular complexity index is 849. The third kappa shape index (κ3) is 7.03. The summed E-state index contributed by atoms with van der Waals surface area (Å²) in [7, 11) is -3.29. The molecule has 0 amide bonds. The van der Waals surface area contributed by atoms with Gasteiger partial charge in [-0.1, -0.05) is 6.07 Å². The first-order valence-electron chi connectivity index (χ1n) is 8.00. The average Bonchev–Trinajstić information content (AvgIpc) is 2.91. The van der Waals surface area contributed by atoms with Crippen LogP contribution >= 0.6 is 24.0 Å². The molecule has 11 heteroatoms. The maximum Gasteiger partial charge on any atom is 0.209 e. The minimum atomic E-state index is -3.29. The minimum absolute atomic E-state index is 0. The van der Waals surface area contributed by atoms with Crippen LogP contribution < -0.4 is 15.4 Å². The van der Waals surface area contributed by atoms with E-state index >= 15 is 0 Å². The van der Waals surface area contributed by atoms with Gasteiger partial charge >= 0.3 is 0 Å². The molecule has 0 aliphatic carbocycles. The fourth-order valence-corrected chi connectivity index (χ4v) is 3.41. The average molecular weight is 495 g/mol. The highest BCUT2D eigenvalue weighted by atomic mass is 127. The van der Waals surface area contributed by atoms with Gasteiger partial charge in [0, 0.05) is 24.8 Å². The normalized spacial score (nSPS) is 12.7. The molecule has 0 unspecified atom stereocenters. The van der Waals surface area contributed by atoms with Crippen LogP contribution in [0.3, 0.4) is 0 Å². The first kappa shape index (κ1) is 22.6. The molecule has 0 saturated carbocycles. The number of halogens is 1. The standard InChI is InChI=1S/C15H25N7O2S.HI/c1-5-16-14(18-11-15(2,3)21-25(4,23)24)17-10-13-20-19-12-8-6-7-9-22(12)13;/h6-9,21H,5,10-11H2,1-4H3,(H2,16,17,18);1H. The number of guanidine groups is 1. The maximum absolute atomic E-state index is 11.4. The lowest BCUT2D eigenvalue weighted by atomic mass is 10.1. The van der Waals surface area contributed by atoms with E-state index in [-0.39, 0.29) is 24.0 Å². The number of fused-ring (bicyclic) bond motifs is 1. The SMILES string of the molecule is CCNC(=NCc1nnc2ccccn12)NCC(C)(C)NS(C)(=O)=O.I. The summed E-state index contributed by atoms with van der Waals surface area (Å²) in [5.41, 5.74) is 0.120. The highest BCUT2D eigenvalue weighted by molar-refractivity contribution is 14.0. The Kier molecular flexibility index (Phi) is 8.21. The van der Waals surface area contributed by atoms with Gasteiger partial charge in [0.25, 0.3) is 0 Å². The number of hydrogen-bond acceptors (Lipinski definition) is 5. The van der Waals surface area contributed by atoms with Gasteiger partial charge in [-0.15, -0.1) is 34.2 Å².